The van der Waals surface area contributed by atoms with Gasteiger partial charge in [-0.3, -0.25) is 9.59 Å². The molecular formula is C24H20ClNO3. The van der Waals surface area contributed by atoms with Gasteiger partial charge in [0.25, 0.3) is 0 Å². The van der Waals surface area contributed by atoms with Gasteiger partial charge in [0, 0.05) is 28.8 Å². The van der Waals surface area contributed by atoms with Crippen molar-refractivity contribution in [2.75, 3.05) is 13.2 Å². The molecule has 0 aliphatic heterocycles. The molecule has 3 rings (SSSR count). The number of hydrogen-bond acceptors (Lipinski definition) is 3. The molecule has 3 aromatic rings. The summed E-state index contributed by atoms with van der Waals surface area (Å²) in [6.45, 7) is 0.450. The number of carbonyl (C=O) groups excluding carboxylic acids is 2. The number of ether oxygens (including phenoxy) is 1. The van der Waals surface area contributed by atoms with Crippen molar-refractivity contribution >= 4 is 34.1 Å². The number of rotatable bonds is 7. The Morgan fingerprint density at radius 2 is 1.66 bits per heavy atom. The van der Waals surface area contributed by atoms with Gasteiger partial charge in [-0.25, -0.2) is 0 Å². The van der Waals surface area contributed by atoms with Crippen LogP contribution in [0.3, 0.4) is 0 Å². The second-order valence-electron chi connectivity index (χ2n) is 6.33. The lowest BCUT2D eigenvalue weighted by atomic mass is 10.1. The molecule has 3 aromatic carbocycles. The maximum absolute atomic E-state index is 12.0. The molecule has 0 saturated heterocycles. The van der Waals surface area contributed by atoms with Gasteiger partial charge in [0.2, 0.25) is 5.91 Å². The number of ketones is 1. The zero-order valence-electron chi connectivity index (χ0n) is 15.8. The van der Waals surface area contributed by atoms with E-state index in [-0.39, 0.29) is 37.7 Å². The Hall–Kier alpha value is -3.29. The van der Waals surface area contributed by atoms with Gasteiger partial charge in [0.05, 0.1) is 6.54 Å². The molecule has 4 nitrogen and oxygen atoms in total. The average molecular weight is 406 g/mol. The third-order valence-electron chi connectivity index (χ3n) is 4.29. The number of carbonyl (C=O) groups is 2. The van der Waals surface area contributed by atoms with Crippen molar-refractivity contribution in [3.63, 3.8) is 0 Å². The van der Waals surface area contributed by atoms with Crippen molar-refractivity contribution in [1.82, 2.24) is 5.32 Å². The topological polar surface area (TPSA) is 55.4 Å². The van der Waals surface area contributed by atoms with E-state index in [1.54, 1.807) is 24.3 Å². The first-order valence-corrected chi connectivity index (χ1v) is 9.63. The zero-order chi connectivity index (χ0) is 20.5. The monoisotopic (exact) mass is 405 g/mol. The molecule has 1 N–H and O–H groups in total. The van der Waals surface area contributed by atoms with Gasteiger partial charge in [-0.05, 0) is 35.7 Å². The smallest absolute Gasteiger partial charge is 0.221 e. The summed E-state index contributed by atoms with van der Waals surface area (Å²) in [5, 5.41) is 5.40. The Morgan fingerprint density at radius 1 is 0.897 bits per heavy atom. The Morgan fingerprint density at radius 3 is 2.48 bits per heavy atom. The second kappa shape index (κ2) is 10.3. The first kappa shape index (κ1) is 20.4. The van der Waals surface area contributed by atoms with Crippen LogP contribution in [0.25, 0.3) is 10.8 Å². The van der Waals surface area contributed by atoms with Gasteiger partial charge in [0.15, 0.2) is 5.78 Å². The summed E-state index contributed by atoms with van der Waals surface area (Å²) in [7, 11) is 0. The van der Waals surface area contributed by atoms with Crippen LogP contribution in [-0.2, 0) is 4.79 Å². The Kier molecular flexibility index (Phi) is 7.27. The maximum atomic E-state index is 12.0. The average Bonchev–Trinajstić information content (AvgIpc) is 2.75. The number of nitrogens with one attached hydrogen (secondary N) is 1. The number of amides is 1. The Bertz CT molecular complexity index is 1060. The van der Waals surface area contributed by atoms with Gasteiger partial charge in [-0.1, -0.05) is 59.8 Å². The van der Waals surface area contributed by atoms with Crippen LogP contribution in [0.2, 0.25) is 5.02 Å². The summed E-state index contributed by atoms with van der Waals surface area (Å²) in [6, 6.07) is 20.5. The summed E-state index contributed by atoms with van der Waals surface area (Å²) in [6.07, 6.45) is 0.265. The largest absolute Gasteiger partial charge is 0.480 e. The molecule has 0 aliphatic rings. The van der Waals surface area contributed by atoms with Crippen LogP contribution in [0.15, 0.2) is 66.7 Å². The van der Waals surface area contributed by atoms with E-state index in [1.165, 1.54) is 0 Å². The predicted molar refractivity (Wildman–Crippen MR) is 115 cm³/mol. The minimum absolute atomic E-state index is 0.0913. The lowest BCUT2D eigenvalue weighted by molar-refractivity contribution is -0.120. The SMILES string of the molecule is O=C(CCC(=O)c1ccc(Cl)cc1)NCC#CCOc1cccc2ccccc12. The molecule has 146 valence electrons. The molecule has 0 aliphatic carbocycles. The third kappa shape index (κ3) is 6.10. The lowest BCUT2D eigenvalue weighted by Crippen LogP contribution is -2.24. The molecule has 0 fully saturated rings. The van der Waals surface area contributed by atoms with Crippen molar-refractivity contribution in [2.24, 2.45) is 0 Å². The molecule has 1 amide bonds. The van der Waals surface area contributed by atoms with Gasteiger partial charge in [0.1, 0.15) is 12.4 Å². The summed E-state index contributed by atoms with van der Waals surface area (Å²) < 4.78 is 5.72. The Balaban J connectivity index is 1.38. The standard InChI is InChI=1S/C24H20ClNO3/c25-20-12-10-19(11-13-20)22(27)14-15-24(28)26-16-3-4-17-29-23-9-5-7-18-6-1-2-8-21(18)23/h1-2,5-13H,14-17H2,(H,26,28). The van der Waals surface area contributed by atoms with E-state index < -0.39 is 0 Å². The van der Waals surface area contributed by atoms with Gasteiger partial charge in [-0.2, -0.15) is 0 Å². The molecule has 29 heavy (non-hydrogen) atoms. The van der Waals surface area contributed by atoms with E-state index >= 15 is 0 Å². The zero-order valence-corrected chi connectivity index (χ0v) is 16.5. The highest BCUT2D eigenvalue weighted by molar-refractivity contribution is 6.30. The first-order chi connectivity index (χ1) is 14.1. The molecule has 0 bridgehead atoms. The van der Waals surface area contributed by atoms with Crippen LogP contribution < -0.4 is 10.1 Å². The number of halogens is 1. The fraction of sp³-hybridized carbons (Fsp3) is 0.167. The van der Waals surface area contributed by atoms with Crippen LogP contribution in [-0.4, -0.2) is 24.8 Å². The van der Waals surface area contributed by atoms with Gasteiger partial charge in [-0.15, -0.1) is 0 Å². The van der Waals surface area contributed by atoms with Gasteiger partial charge < -0.3 is 10.1 Å². The van der Waals surface area contributed by atoms with E-state index in [0.29, 0.717) is 10.6 Å². The molecule has 0 saturated carbocycles. The van der Waals surface area contributed by atoms with Crippen LogP contribution in [0.1, 0.15) is 23.2 Å². The number of benzene rings is 3. The summed E-state index contributed by atoms with van der Waals surface area (Å²) in [5.41, 5.74) is 0.549. The molecule has 0 radical (unpaired) electrons. The fourth-order valence-corrected chi connectivity index (χ4v) is 2.91. The normalized spacial score (nSPS) is 10.1. The number of hydrogen-bond donors (Lipinski definition) is 1. The van der Waals surface area contributed by atoms with E-state index in [1.807, 2.05) is 42.5 Å². The quantitative estimate of drug-likeness (QED) is 0.459. The summed E-state index contributed by atoms with van der Waals surface area (Å²) in [5.74, 6) is 6.21. The van der Waals surface area contributed by atoms with Crippen molar-refractivity contribution in [3.05, 3.63) is 77.3 Å². The second-order valence-corrected chi connectivity index (χ2v) is 6.76. The highest BCUT2D eigenvalue weighted by Gasteiger charge is 2.08. The predicted octanol–water partition coefficient (Wildman–Crippen LogP) is 4.65. The van der Waals surface area contributed by atoms with Crippen LogP contribution in [0.4, 0.5) is 0 Å². The van der Waals surface area contributed by atoms with E-state index in [0.717, 1.165) is 16.5 Å². The van der Waals surface area contributed by atoms with E-state index in [2.05, 4.69) is 17.2 Å². The number of fused-ring (bicyclic) bond motifs is 1. The lowest BCUT2D eigenvalue weighted by Gasteiger charge is -2.06. The molecular weight excluding hydrogens is 386 g/mol. The summed E-state index contributed by atoms with van der Waals surface area (Å²) in [4.78, 5) is 23.9. The molecule has 0 atom stereocenters. The molecule has 0 spiro atoms. The maximum Gasteiger partial charge on any atom is 0.221 e. The molecule has 0 aromatic heterocycles. The van der Waals surface area contributed by atoms with E-state index in [9.17, 15) is 9.59 Å². The summed E-state index contributed by atoms with van der Waals surface area (Å²) >= 11 is 5.80. The highest BCUT2D eigenvalue weighted by Crippen LogP contribution is 2.24. The fourth-order valence-electron chi connectivity index (χ4n) is 2.79. The minimum Gasteiger partial charge on any atom is -0.480 e. The minimum atomic E-state index is -0.211. The van der Waals surface area contributed by atoms with Crippen molar-refractivity contribution in [3.8, 4) is 17.6 Å². The third-order valence-corrected chi connectivity index (χ3v) is 4.55. The number of Topliss-reactive ketones (excluding diaryl/α,β-unsaturated/α-hetero) is 1. The molecule has 0 heterocycles. The van der Waals surface area contributed by atoms with Crippen molar-refractivity contribution in [2.45, 2.75) is 12.8 Å². The van der Waals surface area contributed by atoms with Crippen LogP contribution >= 0.6 is 11.6 Å². The van der Waals surface area contributed by atoms with Crippen LogP contribution in [0.5, 0.6) is 5.75 Å². The van der Waals surface area contributed by atoms with Crippen molar-refractivity contribution in [1.29, 1.82) is 0 Å². The first-order valence-electron chi connectivity index (χ1n) is 9.25. The highest BCUT2D eigenvalue weighted by atomic mass is 35.5. The molecule has 0 unspecified atom stereocenters. The van der Waals surface area contributed by atoms with Crippen LogP contribution in [0, 0.1) is 11.8 Å². The Labute approximate surface area is 174 Å². The van der Waals surface area contributed by atoms with Gasteiger partial charge >= 0.3 is 0 Å². The van der Waals surface area contributed by atoms with Crippen molar-refractivity contribution < 1.29 is 14.3 Å². The molecule has 5 heteroatoms. The van der Waals surface area contributed by atoms with E-state index in [4.69, 9.17) is 16.3 Å².